The van der Waals surface area contributed by atoms with Crippen LogP contribution in [-0.4, -0.2) is 82.0 Å². The number of benzene rings is 2. The summed E-state index contributed by atoms with van der Waals surface area (Å²) in [6.45, 7) is 3.64. The van der Waals surface area contributed by atoms with E-state index in [1.165, 1.54) is 4.68 Å². The second kappa shape index (κ2) is 15.9. The molecule has 4 amide bonds. The number of nitrogens with one attached hydrogen (secondary N) is 3. The lowest BCUT2D eigenvalue weighted by Gasteiger charge is -2.41. The summed E-state index contributed by atoms with van der Waals surface area (Å²) in [6, 6.07) is 17.8. The van der Waals surface area contributed by atoms with Crippen molar-refractivity contribution in [2.45, 2.75) is 70.0 Å². The predicted octanol–water partition coefficient (Wildman–Crippen LogP) is 3.69. The van der Waals surface area contributed by atoms with E-state index in [0.717, 1.165) is 49.8 Å². The van der Waals surface area contributed by atoms with Gasteiger partial charge in [-0.15, -0.1) is 0 Å². The third kappa shape index (κ3) is 8.65. The lowest BCUT2D eigenvalue weighted by molar-refractivity contribution is -0.138. The second-order valence-corrected chi connectivity index (χ2v) is 12.7. The number of carbonyl (C=O) groups excluding carboxylic acids is 4. The Morgan fingerprint density at radius 1 is 0.894 bits per heavy atom. The number of amides is 4. The van der Waals surface area contributed by atoms with Crippen molar-refractivity contribution in [3.63, 3.8) is 0 Å². The van der Waals surface area contributed by atoms with E-state index in [0.29, 0.717) is 30.9 Å². The Labute approximate surface area is 277 Å². The Morgan fingerprint density at radius 3 is 2.28 bits per heavy atom. The fourth-order valence-corrected chi connectivity index (χ4v) is 6.68. The van der Waals surface area contributed by atoms with Crippen molar-refractivity contribution in [3.05, 3.63) is 83.7 Å². The highest BCUT2D eigenvalue weighted by molar-refractivity contribution is 6.00. The van der Waals surface area contributed by atoms with Crippen LogP contribution in [0.4, 0.5) is 5.69 Å². The zero-order valence-electron chi connectivity index (χ0n) is 27.7. The number of aryl methyl sites for hydroxylation is 1. The summed E-state index contributed by atoms with van der Waals surface area (Å²) in [5, 5.41) is 13.0. The van der Waals surface area contributed by atoms with Gasteiger partial charge in [-0.1, -0.05) is 68.7 Å². The molecule has 0 bridgehead atoms. The van der Waals surface area contributed by atoms with Gasteiger partial charge in [-0.3, -0.25) is 28.8 Å². The first kappa shape index (κ1) is 33.8. The molecule has 2 heterocycles. The van der Waals surface area contributed by atoms with Crippen molar-refractivity contribution in [1.29, 1.82) is 0 Å². The lowest BCUT2D eigenvalue weighted by Crippen LogP contribution is -2.55. The van der Waals surface area contributed by atoms with Crippen LogP contribution >= 0.6 is 0 Å². The van der Waals surface area contributed by atoms with E-state index in [1.807, 2.05) is 35.2 Å². The van der Waals surface area contributed by atoms with Crippen LogP contribution in [0.5, 0.6) is 0 Å². The van der Waals surface area contributed by atoms with Gasteiger partial charge in [0.25, 0.3) is 5.91 Å². The molecule has 0 spiro atoms. The van der Waals surface area contributed by atoms with Crippen LogP contribution in [0.25, 0.3) is 0 Å². The van der Waals surface area contributed by atoms with E-state index in [1.54, 1.807) is 38.4 Å². The topological polar surface area (TPSA) is 129 Å². The van der Waals surface area contributed by atoms with Crippen molar-refractivity contribution < 1.29 is 19.2 Å². The van der Waals surface area contributed by atoms with Crippen LogP contribution < -0.4 is 16.0 Å². The van der Waals surface area contributed by atoms with E-state index in [2.05, 4.69) is 45.1 Å². The Kier molecular flexibility index (Phi) is 11.4. The van der Waals surface area contributed by atoms with Crippen LogP contribution in [0.3, 0.4) is 0 Å². The minimum Gasteiger partial charge on any atom is -0.344 e. The maximum absolute atomic E-state index is 13.9. The predicted molar refractivity (Wildman–Crippen MR) is 180 cm³/mol. The normalized spacial score (nSPS) is 18.6. The number of aromatic nitrogens is 2. The summed E-state index contributed by atoms with van der Waals surface area (Å²) in [5.41, 5.74) is 3.01. The Balaban J connectivity index is 1.26. The summed E-state index contributed by atoms with van der Waals surface area (Å²) in [4.78, 5) is 57.1. The number of piperazine rings is 1. The van der Waals surface area contributed by atoms with E-state index in [-0.39, 0.29) is 42.0 Å². The van der Waals surface area contributed by atoms with Gasteiger partial charge in [0.1, 0.15) is 17.8 Å². The molecule has 2 aliphatic rings. The van der Waals surface area contributed by atoms with Crippen molar-refractivity contribution in [2.24, 2.45) is 13.0 Å². The molecule has 0 radical (unpaired) electrons. The minimum absolute atomic E-state index is 0.0465. The standard InChI is InChI=1S/C36H47N7O4/c1-4-32(44)39-29(36(47)43-22-21-41(2)31(24-43)26-11-7-5-8-12-26)23-25-15-17-28(18-16-25)38-35(46)33(27-13-9-6-10-14-27)40-34(45)30-19-20-37-42(30)3/h5,7-8,11-12,15-20,27,29,31,33H,4,6,9-10,13-14,21-24H2,1-3H3,(H,38,46)(H,39,44)(H,40,45). The van der Waals surface area contributed by atoms with Gasteiger partial charge in [0.2, 0.25) is 17.7 Å². The molecule has 1 aliphatic heterocycles. The lowest BCUT2D eigenvalue weighted by atomic mass is 9.83. The van der Waals surface area contributed by atoms with E-state index >= 15 is 0 Å². The number of rotatable bonds is 11. The fraction of sp³-hybridized carbons (Fsp3) is 0.472. The van der Waals surface area contributed by atoms with E-state index in [9.17, 15) is 19.2 Å². The molecule has 2 fully saturated rings. The molecule has 3 N–H and O–H groups in total. The van der Waals surface area contributed by atoms with Crippen molar-refractivity contribution in [1.82, 2.24) is 30.2 Å². The third-order valence-electron chi connectivity index (χ3n) is 9.50. The van der Waals surface area contributed by atoms with Crippen LogP contribution in [0, 0.1) is 5.92 Å². The molecule has 2 aromatic carbocycles. The summed E-state index contributed by atoms with van der Waals surface area (Å²) in [7, 11) is 3.77. The first-order valence-corrected chi connectivity index (χ1v) is 16.8. The molecule has 250 valence electrons. The molecular weight excluding hydrogens is 594 g/mol. The molecule has 11 nitrogen and oxygen atoms in total. The largest absolute Gasteiger partial charge is 0.344 e. The van der Waals surface area contributed by atoms with Gasteiger partial charge >= 0.3 is 0 Å². The molecule has 1 saturated carbocycles. The number of hydrogen-bond donors (Lipinski definition) is 3. The molecule has 1 aromatic heterocycles. The van der Waals surface area contributed by atoms with Gasteiger partial charge in [-0.25, -0.2) is 0 Å². The molecule has 3 unspecified atom stereocenters. The monoisotopic (exact) mass is 641 g/mol. The molecule has 3 aromatic rings. The average molecular weight is 642 g/mol. The first-order valence-electron chi connectivity index (χ1n) is 16.8. The van der Waals surface area contributed by atoms with Crippen LogP contribution in [-0.2, 0) is 27.9 Å². The Bertz CT molecular complexity index is 1520. The van der Waals surface area contributed by atoms with Crippen LogP contribution in [0.2, 0.25) is 0 Å². The number of hydrogen-bond acceptors (Lipinski definition) is 6. The quantitative estimate of drug-likeness (QED) is 0.293. The van der Waals surface area contributed by atoms with Gasteiger partial charge < -0.3 is 20.9 Å². The Morgan fingerprint density at radius 2 is 1.62 bits per heavy atom. The Hall–Kier alpha value is -4.51. The molecule has 3 atom stereocenters. The van der Waals surface area contributed by atoms with Gasteiger partial charge in [0.05, 0.1) is 6.04 Å². The van der Waals surface area contributed by atoms with E-state index in [4.69, 9.17) is 0 Å². The van der Waals surface area contributed by atoms with Crippen LogP contribution in [0.15, 0.2) is 66.9 Å². The van der Waals surface area contributed by atoms with Crippen LogP contribution in [0.1, 0.15) is 73.1 Å². The summed E-state index contributed by atoms with van der Waals surface area (Å²) >= 11 is 0. The van der Waals surface area contributed by atoms with Gasteiger partial charge in [0.15, 0.2) is 0 Å². The van der Waals surface area contributed by atoms with E-state index < -0.39 is 12.1 Å². The molecule has 1 aliphatic carbocycles. The number of nitrogens with zero attached hydrogens (tertiary/aromatic N) is 4. The summed E-state index contributed by atoms with van der Waals surface area (Å²) < 4.78 is 1.50. The molecule has 1 saturated heterocycles. The van der Waals surface area contributed by atoms with Gasteiger partial charge in [-0.05, 0) is 55.1 Å². The highest BCUT2D eigenvalue weighted by Crippen LogP contribution is 2.28. The zero-order valence-corrected chi connectivity index (χ0v) is 27.7. The van der Waals surface area contributed by atoms with Gasteiger partial charge in [0, 0.05) is 51.4 Å². The minimum atomic E-state index is -0.708. The molecule has 47 heavy (non-hydrogen) atoms. The van der Waals surface area contributed by atoms with Gasteiger partial charge in [-0.2, -0.15) is 5.10 Å². The van der Waals surface area contributed by atoms with Crippen molar-refractivity contribution in [3.8, 4) is 0 Å². The van der Waals surface area contributed by atoms with Crippen molar-refractivity contribution in [2.75, 3.05) is 32.0 Å². The SMILES string of the molecule is CCC(=O)NC(Cc1ccc(NC(=O)C(NC(=O)c2ccnn2C)C2CCCCC2)cc1)C(=O)N1CCN(C)C(c2ccccc2)C1. The number of carbonyl (C=O) groups is 4. The number of likely N-dealkylation sites (N-methyl/N-ethyl adjacent to an activating group) is 1. The smallest absolute Gasteiger partial charge is 0.270 e. The maximum Gasteiger partial charge on any atom is 0.270 e. The number of anilines is 1. The third-order valence-corrected chi connectivity index (χ3v) is 9.50. The first-order chi connectivity index (χ1) is 22.7. The highest BCUT2D eigenvalue weighted by Gasteiger charge is 2.34. The average Bonchev–Trinajstić information content (AvgIpc) is 3.54. The maximum atomic E-state index is 13.9. The highest BCUT2D eigenvalue weighted by atomic mass is 16.2. The second-order valence-electron chi connectivity index (χ2n) is 12.7. The molecule has 5 rings (SSSR count). The molecule has 11 heteroatoms. The summed E-state index contributed by atoms with van der Waals surface area (Å²) in [5.74, 6) is -0.816. The summed E-state index contributed by atoms with van der Waals surface area (Å²) in [6.07, 6.45) is 7.11. The zero-order chi connectivity index (χ0) is 33.3. The molecular formula is C36H47N7O4. The van der Waals surface area contributed by atoms with Crippen molar-refractivity contribution >= 4 is 29.3 Å². The fourth-order valence-electron chi connectivity index (χ4n) is 6.68.